The predicted octanol–water partition coefficient (Wildman–Crippen LogP) is 0.608. The third-order valence-electron chi connectivity index (χ3n) is 1.49. The SMILES string of the molecule is C1=CN2NCC=C2C1. The Morgan fingerprint density at radius 1 is 1.62 bits per heavy atom. The normalized spacial score (nSPS) is 24.0. The molecule has 42 valence electrons. The van der Waals surface area contributed by atoms with Crippen molar-refractivity contribution in [3.63, 3.8) is 0 Å². The number of nitrogens with one attached hydrogen (secondary N) is 1. The number of hydrogen-bond donors (Lipinski definition) is 1. The van der Waals surface area contributed by atoms with E-state index < -0.39 is 0 Å². The average molecular weight is 108 g/mol. The Morgan fingerprint density at radius 2 is 2.62 bits per heavy atom. The molecule has 0 saturated carbocycles. The molecule has 0 amide bonds. The first-order valence-electron chi connectivity index (χ1n) is 2.85. The van der Waals surface area contributed by atoms with Crippen LogP contribution in [0.3, 0.4) is 0 Å². The van der Waals surface area contributed by atoms with Gasteiger partial charge in [0.25, 0.3) is 0 Å². The molecule has 0 spiro atoms. The minimum atomic E-state index is 1.000. The van der Waals surface area contributed by atoms with Gasteiger partial charge in [0.15, 0.2) is 0 Å². The smallest absolute Gasteiger partial charge is 0.0356 e. The van der Waals surface area contributed by atoms with Crippen molar-refractivity contribution in [1.82, 2.24) is 10.4 Å². The van der Waals surface area contributed by atoms with E-state index >= 15 is 0 Å². The fourth-order valence-electron chi connectivity index (χ4n) is 1.07. The minimum Gasteiger partial charge on any atom is -0.288 e. The van der Waals surface area contributed by atoms with Crippen LogP contribution in [-0.2, 0) is 0 Å². The summed E-state index contributed by atoms with van der Waals surface area (Å²) in [7, 11) is 0. The zero-order valence-electron chi connectivity index (χ0n) is 4.59. The highest BCUT2D eigenvalue weighted by molar-refractivity contribution is 5.18. The van der Waals surface area contributed by atoms with E-state index in [1.54, 1.807) is 0 Å². The van der Waals surface area contributed by atoms with Gasteiger partial charge in [-0.15, -0.1) is 0 Å². The van der Waals surface area contributed by atoms with Gasteiger partial charge in [-0.05, 0) is 6.08 Å². The van der Waals surface area contributed by atoms with E-state index in [0.29, 0.717) is 0 Å². The van der Waals surface area contributed by atoms with Crippen molar-refractivity contribution in [2.45, 2.75) is 6.42 Å². The molecule has 2 heterocycles. The molecule has 0 aliphatic carbocycles. The molecule has 2 rings (SSSR count). The van der Waals surface area contributed by atoms with E-state index in [1.807, 2.05) is 0 Å². The Hall–Kier alpha value is -0.760. The summed E-state index contributed by atoms with van der Waals surface area (Å²) < 4.78 is 0. The zero-order valence-corrected chi connectivity index (χ0v) is 4.59. The number of allylic oxidation sites excluding steroid dienone is 1. The molecule has 0 aromatic carbocycles. The Morgan fingerprint density at radius 3 is 3.50 bits per heavy atom. The number of fused-ring (bicyclic) bond motifs is 1. The second kappa shape index (κ2) is 1.36. The van der Waals surface area contributed by atoms with Crippen LogP contribution in [0.4, 0.5) is 0 Å². The highest BCUT2D eigenvalue weighted by Crippen LogP contribution is 2.18. The number of rotatable bonds is 0. The van der Waals surface area contributed by atoms with E-state index in [-0.39, 0.29) is 0 Å². The van der Waals surface area contributed by atoms with E-state index in [0.717, 1.165) is 13.0 Å². The summed E-state index contributed by atoms with van der Waals surface area (Å²) in [6, 6.07) is 0. The lowest BCUT2D eigenvalue weighted by Crippen LogP contribution is -2.23. The van der Waals surface area contributed by atoms with E-state index in [4.69, 9.17) is 0 Å². The Labute approximate surface area is 48.5 Å². The first-order chi connectivity index (χ1) is 3.97. The highest BCUT2D eigenvalue weighted by Gasteiger charge is 2.13. The van der Waals surface area contributed by atoms with Crippen LogP contribution in [0.1, 0.15) is 6.42 Å². The molecule has 8 heavy (non-hydrogen) atoms. The lowest BCUT2D eigenvalue weighted by atomic mass is 10.3. The summed E-state index contributed by atoms with van der Waals surface area (Å²) in [6.45, 7) is 1.000. The van der Waals surface area contributed by atoms with Crippen LogP contribution in [0, 0.1) is 0 Å². The Balaban J connectivity index is 2.28. The van der Waals surface area contributed by atoms with Crippen LogP contribution in [0.2, 0.25) is 0 Å². The molecule has 0 radical (unpaired) electrons. The van der Waals surface area contributed by atoms with Crippen molar-refractivity contribution >= 4 is 0 Å². The van der Waals surface area contributed by atoms with Gasteiger partial charge in [-0.25, -0.2) is 5.43 Å². The fourth-order valence-corrected chi connectivity index (χ4v) is 1.07. The van der Waals surface area contributed by atoms with E-state index in [1.165, 1.54) is 5.70 Å². The number of hydrazine groups is 1. The molecule has 0 aromatic rings. The number of hydrogen-bond acceptors (Lipinski definition) is 2. The molecular weight excluding hydrogens is 100 g/mol. The lowest BCUT2D eigenvalue weighted by molar-refractivity contribution is 0.398. The van der Waals surface area contributed by atoms with Crippen LogP contribution < -0.4 is 5.43 Å². The van der Waals surface area contributed by atoms with Gasteiger partial charge < -0.3 is 0 Å². The summed E-state index contributed by atoms with van der Waals surface area (Å²) in [5.74, 6) is 0. The van der Waals surface area contributed by atoms with E-state index in [9.17, 15) is 0 Å². The van der Waals surface area contributed by atoms with Crippen molar-refractivity contribution in [2.24, 2.45) is 0 Å². The molecule has 1 N–H and O–H groups in total. The van der Waals surface area contributed by atoms with Gasteiger partial charge >= 0.3 is 0 Å². The van der Waals surface area contributed by atoms with Gasteiger partial charge in [0.05, 0.1) is 0 Å². The molecule has 2 aliphatic rings. The highest BCUT2D eigenvalue weighted by atomic mass is 15.5. The molecule has 0 fully saturated rings. The van der Waals surface area contributed by atoms with Crippen molar-refractivity contribution in [1.29, 1.82) is 0 Å². The average Bonchev–Trinajstić information content (AvgIpc) is 2.15. The molecule has 0 saturated heterocycles. The Bertz CT molecular complexity index is 158. The van der Waals surface area contributed by atoms with Gasteiger partial charge in [0.2, 0.25) is 0 Å². The van der Waals surface area contributed by atoms with Gasteiger partial charge in [0.1, 0.15) is 0 Å². The van der Waals surface area contributed by atoms with Crippen molar-refractivity contribution in [2.75, 3.05) is 6.54 Å². The van der Waals surface area contributed by atoms with Gasteiger partial charge in [-0.3, -0.25) is 5.01 Å². The molecule has 2 nitrogen and oxygen atoms in total. The zero-order chi connectivity index (χ0) is 5.40. The second-order valence-corrected chi connectivity index (χ2v) is 2.02. The van der Waals surface area contributed by atoms with Crippen molar-refractivity contribution < 1.29 is 0 Å². The van der Waals surface area contributed by atoms with Crippen LogP contribution >= 0.6 is 0 Å². The predicted molar refractivity (Wildman–Crippen MR) is 31.7 cm³/mol. The molecule has 0 atom stereocenters. The monoisotopic (exact) mass is 108 g/mol. The van der Waals surface area contributed by atoms with Crippen LogP contribution in [-0.4, -0.2) is 11.6 Å². The third kappa shape index (κ3) is 0.406. The number of nitrogens with zero attached hydrogens (tertiary/aromatic N) is 1. The maximum atomic E-state index is 3.17. The largest absolute Gasteiger partial charge is 0.288 e. The molecule has 0 unspecified atom stereocenters. The quantitative estimate of drug-likeness (QED) is 0.489. The maximum absolute atomic E-state index is 3.17. The molecule has 2 heteroatoms. The summed E-state index contributed by atoms with van der Waals surface area (Å²) in [4.78, 5) is 0. The molecule has 2 aliphatic heterocycles. The fraction of sp³-hybridized carbons (Fsp3) is 0.333. The molecule has 0 aromatic heterocycles. The minimum absolute atomic E-state index is 1.000. The summed E-state index contributed by atoms with van der Waals surface area (Å²) in [6.07, 6.45) is 7.53. The summed E-state index contributed by atoms with van der Waals surface area (Å²) in [5, 5.41) is 2.07. The first-order valence-corrected chi connectivity index (χ1v) is 2.85. The topological polar surface area (TPSA) is 15.3 Å². The van der Waals surface area contributed by atoms with Crippen LogP contribution in [0.15, 0.2) is 24.0 Å². The second-order valence-electron chi connectivity index (χ2n) is 2.02. The standard InChI is InChI=1S/C6H8N2/c1-2-6-3-4-7-8(6)5-1/h1,3,5,7H,2,4H2. The summed E-state index contributed by atoms with van der Waals surface area (Å²) >= 11 is 0. The Kier molecular flexibility index (Phi) is 0.704. The van der Waals surface area contributed by atoms with E-state index in [2.05, 4.69) is 28.8 Å². The lowest BCUT2D eigenvalue weighted by Gasteiger charge is -2.09. The van der Waals surface area contributed by atoms with Crippen LogP contribution in [0.25, 0.3) is 0 Å². The van der Waals surface area contributed by atoms with Crippen LogP contribution in [0.5, 0.6) is 0 Å². The molecule has 0 bridgehead atoms. The van der Waals surface area contributed by atoms with Gasteiger partial charge in [-0.2, -0.15) is 0 Å². The van der Waals surface area contributed by atoms with Crippen molar-refractivity contribution in [3.05, 3.63) is 24.0 Å². The maximum Gasteiger partial charge on any atom is 0.0356 e. The third-order valence-corrected chi connectivity index (χ3v) is 1.49. The van der Waals surface area contributed by atoms with Gasteiger partial charge in [0, 0.05) is 24.9 Å². The first kappa shape index (κ1) is 4.15. The van der Waals surface area contributed by atoms with Crippen molar-refractivity contribution in [3.8, 4) is 0 Å². The van der Waals surface area contributed by atoms with Gasteiger partial charge in [-0.1, -0.05) is 6.08 Å². The summed E-state index contributed by atoms with van der Waals surface area (Å²) in [5.41, 5.74) is 4.57. The molecular formula is C6H8N2.